The topological polar surface area (TPSA) is 81.0 Å². The number of primary amides is 1. The Morgan fingerprint density at radius 1 is 1.47 bits per heavy atom. The number of hydrogen-bond acceptors (Lipinski definition) is 3. The average molecular weight is 231 g/mol. The molecule has 1 unspecified atom stereocenters. The highest BCUT2D eigenvalue weighted by atomic mass is 16.5. The van der Waals surface area contributed by atoms with E-state index in [1.165, 1.54) is 0 Å². The van der Waals surface area contributed by atoms with Gasteiger partial charge in [0.2, 0.25) is 0 Å². The lowest BCUT2D eigenvalue weighted by molar-refractivity contribution is -0.123. The van der Waals surface area contributed by atoms with Crippen molar-refractivity contribution in [2.75, 3.05) is 0 Å². The van der Waals surface area contributed by atoms with Gasteiger partial charge < -0.3 is 10.5 Å². The number of nitrogens with two attached hydrogens (primary N) is 1. The number of nitrogens with one attached hydrogen (secondary N) is 1. The van der Waals surface area contributed by atoms with Gasteiger partial charge in [-0.05, 0) is 25.1 Å². The Morgan fingerprint density at radius 2 is 2.29 bits per heavy atom. The average Bonchev–Trinajstić information content (AvgIpc) is 2.82. The molecule has 1 amide bonds. The van der Waals surface area contributed by atoms with Crippen LogP contribution in [0.25, 0.3) is 11.3 Å². The van der Waals surface area contributed by atoms with Gasteiger partial charge in [0.1, 0.15) is 5.75 Å². The number of amides is 1. The maximum atomic E-state index is 10.9. The van der Waals surface area contributed by atoms with E-state index in [0.29, 0.717) is 5.75 Å². The molecule has 0 saturated heterocycles. The van der Waals surface area contributed by atoms with E-state index < -0.39 is 12.0 Å². The molecule has 0 saturated carbocycles. The van der Waals surface area contributed by atoms with Gasteiger partial charge in [-0.25, -0.2) is 0 Å². The molecule has 5 nitrogen and oxygen atoms in total. The summed E-state index contributed by atoms with van der Waals surface area (Å²) in [5, 5.41) is 6.74. The maximum absolute atomic E-state index is 10.9. The van der Waals surface area contributed by atoms with Crippen molar-refractivity contribution >= 4 is 5.91 Å². The summed E-state index contributed by atoms with van der Waals surface area (Å²) in [6, 6.07) is 9.23. The van der Waals surface area contributed by atoms with Gasteiger partial charge in [0.15, 0.2) is 6.10 Å². The highest BCUT2D eigenvalue weighted by molar-refractivity contribution is 5.78. The van der Waals surface area contributed by atoms with Gasteiger partial charge in [-0.15, -0.1) is 0 Å². The number of benzene rings is 1. The van der Waals surface area contributed by atoms with Crippen molar-refractivity contribution in [3.05, 3.63) is 36.5 Å². The first-order chi connectivity index (χ1) is 8.16. The summed E-state index contributed by atoms with van der Waals surface area (Å²) in [5.74, 6) is 0.111. The van der Waals surface area contributed by atoms with E-state index in [1.54, 1.807) is 19.2 Å². The zero-order chi connectivity index (χ0) is 12.3. The number of aromatic nitrogens is 2. The third kappa shape index (κ3) is 2.63. The van der Waals surface area contributed by atoms with E-state index in [2.05, 4.69) is 10.2 Å². The van der Waals surface area contributed by atoms with Crippen LogP contribution >= 0.6 is 0 Å². The predicted octanol–water partition coefficient (Wildman–Crippen LogP) is 1.33. The van der Waals surface area contributed by atoms with E-state index in [0.717, 1.165) is 11.3 Å². The number of aromatic amines is 1. The number of hydrogen-bond donors (Lipinski definition) is 2. The van der Waals surface area contributed by atoms with Gasteiger partial charge in [-0.2, -0.15) is 5.10 Å². The van der Waals surface area contributed by atoms with Crippen LogP contribution in [0, 0.1) is 0 Å². The van der Waals surface area contributed by atoms with Crippen molar-refractivity contribution in [3.63, 3.8) is 0 Å². The Labute approximate surface area is 98.6 Å². The molecule has 1 aromatic heterocycles. The Hall–Kier alpha value is -2.30. The van der Waals surface area contributed by atoms with Crippen LogP contribution in [0.2, 0.25) is 0 Å². The second kappa shape index (κ2) is 4.69. The fraction of sp³-hybridized carbons (Fsp3) is 0.167. The molecule has 0 aliphatic carbocycles. The molecule has 3 N–H and O–H groups in total. The van der Waals surface area contributed by atoms with Gasteiger partial charge in [0.05, 0.1) is 5.69 Å². The second-order valence-electron chi connectivity index (χ2n) is 3.66. The minimum atomic E-state index is -0.646. The minimum Gasteiger partial charge on any atom is -0.481 e. The van der Waals surface area contributed by atoms with Crippen LogP contribution in [0.3, 0.4) is 0 Å². The Morgan fingerprint density at radius 3 is 2.94 bits per heavy atom. The third-order valence-corrected chi connectivity index (χ3v) is 2.36. The summed E-state index contributed by atoms with van der Waals surface area (Å²) in [4.78, 5) is 10.9. The fourth-order valence-electron chi connectivity index (χ4n) is 1.42. The van der Waals surface area contributed by atoms with Crippen molar-refractivity contribution in [3.8, 4) is 17.0 Å². The SMILES string of the molecule is CC(Oc1cccc(-c2ccn[nH]2)c1)C(N)=O. The van der Waals surface area contributed by atoms with Crippen molar-refractivity contribution < 1.29 is 9.53 Å². The number of H-pyrrole nitrogens is 1. The Balaban J connectivity index is 2.20. The zero-order valence-corrected chi connectivity index (χ0v) is 9.38. The predicted molar refractivity (Wildman–Crippen MR) is 63.3 cm³/mol. The van der Waals surface area contributed by atoms with Gasteiger partial charge >= 0.3 is 0 Å². The summed E-state index contributed by atoms with van der Waals surface area (Å²) in [5.41, 5.74) is 6.97. The molecule has 0 radical (unpaired) electrons. The van der Waals surface area contributed by atoms with Gasteiger partial charge in [0, 0.05) is 11.8 Å². The number of nitrogens with zero attached hydrogens (tertiary/aromatic N) is 1. The van der Waals surface area contributed by atoms with Crippen molar-refractivity contribution in [2.45, 2.75) is 13.0 Å². The molecule has 2 aromatic rings. The van der Waals surface area contributed by atoms with Crippen LogP contribution in [0.15, 0.2) is 36.5 Å². The van der Waals surface area contributed by atoms with E-state index in [-0.39, 0.29) is 0 Å². The molecule has 1 aromatic carbocycles. The van der Waals surface area contributed by atoms with Gasteiger partial charge in [0.25, 0.3) is 5.91 Å². The molecule has 0 spiro atoms. The smallest absolute Gasteiger partial charge is 0.258 e. The van der Waals surface area contributed by atoms with Crippen LogP contribution in [0.4, 0.5) is 0 Å². The lowest BCUT2D eigenvalue weighted by Gasteiger charge is -2.11. The molecule has 2 rings (SSSR count). The molecule has 88 valence electrons. The molecular formula is C12H13N3O2. The number of carbonyl (C=O) groups is 1. The van der Waals surface area contributed by atoms with Crippen molar-refractivity contribution in [1.82, 2.24) is 10.2 Å². The summed E-state index contributed by atoms with van der Waals surface area (Å²) in [7, 11) is 0. The molecule has 17 heavy (non-hydrogen) atoms. The number of ether oxygens (including phenoxy) is 1. The molecule has 0 aliphatic heterocycles. The van der Waals surface area contributed by atoms with Gasteiger partial charge in [-0.1, -0.05) is 12.1 Å². The van der Waals surface area contributed by atoms with E-state index in [4.69, 9.17) is 10.5 Å². The Bertz CT molecular complexity index is 508. The van der Waals surface area contributed by atoms with Crippen molar-refractivity contribution in [2.24, 2.45) is 5.73 Å². The number of carbonyl (C=O) groups excluding carboxylic acids is 1. The summed E-state index contributed by atoms with van der Waals surface area (Å²) in [6.07, 6.45) is 1.03. The normalized spacial score (nSPS) is 12.1. The highest BCUT2D eigenvalue weighted by Gasteiger charge is 2.10. The summed E-state index contributed by atoms with van der Waals surface area (Å²) in [6.45, 7) is 1.62. The fourth-order valence-corrected chi connectivity index (χ4v) is 1.42. The minimum absolute atomic E-state index is 0.489. The lowest BCUT2D eigenvalue weighted by atomic mass is 10.1. The molecule has 0 fully saturated rings. The molecule has 1 atom stereocenters. The molecule has 1 heterocycles. The third-order valence-electron chi connectivity index (χ3n) is 2.36. The van der Waals surface area contributed by atoms with Crippen LogP contribution in [0.5, 0.6) is 5.75 Å². The summed E-state index contributed by atoms with van der Waals surface area (Å²) < 4.78 is 5.41. The summed E-state index contributed by atoms with van der Waals surface area (Å²) >= 11 is 0. The van der Waals surface area contributed by atoms with Crippen LogP contribution in [-0.4, -0.2) is 22.2 Å². The molecular weight excluding hydrogens is 218 g/mol. The molecule has 0 aliphatic rings. The van der Waals surface area contributed by atoms with Crippen LogP contribution in [-0.2, 0) is 4.79 Å². The molecule has 5 heteroatoms. The first-order valence-electron chi connectivity index (χ1n) is 5.22. The van der Waals surface area contributed by atoms with E-state index in [9.17, 15) is 4.79 Å². The zero-order valence-electron chi connectivity index (χ0n) is 9.38. The second-order valence-corrected chi connectivity index (χ2v) is 3.66. The van der Waals surface area contributed by atoms with Crippen LogP contribution < -0.4 is 10.5 Å². The quantitative estimate of drug-likeness (QED) is 0.832. The highest BCUT2D eigenvalue weighted by Crippen LogP contribution is 2.22. The lowest BCUT2D eigenvalue weighted by Crippen LogP contribution is -2.30. The van der Waals surface area contributed by atoms with E-state index >= 15 is 0 Å². The monoisotopic (exact) mass is 231 g/mol. The number of rotatable bonds is 4. The maximum Gasteiger partial charge on any atom is 0.258 e. The van der Waals surface area contributed by atoms with E-state index in [1.807, 2.05) is 24.3 Å². The first-order valence-corrected chi connectivity index (χ1v) is 5.22. The van der Waals surface area contributed by atoms with Crippen LogP contribution in [0.1, 0.15) is 6.92 Å². The standard InChI is InChI=1S/C12H13N3O2/c1-8(12(13)16)17-10-4-2-3-9(7-10)11-5-6-14-15-11/h2-8H,1H3,(H2,13,16)(H,14,15). The first kappa shape index (κ1) is 11.2. The largest absolute Gasteiger partial charge is 0.481 e. The Kier molecular flexibility index (Phi) is 3.09. The molecule has 0 bridgehead atoms. The van der Waals surface area contributed by atoms with Crippen molar-refractivity contribution in [1.29, 1.82) is 0 Å². The van der Waals surface area contributed by atoms with Gasteiger partial charge in [-0.3, -0.25) is 9.89 Å².